The van der Waals surface area contributed by atoms with Crippen molar-refractivity contribution in [3.05, 3.63) is 35.4 Å². The van der Waals surface area contributed by atoms with Crippen LogP contribution in [0, 0.1) is 0 Å². The number of amides is 3. The molecule has 0 fully saturated rings. The number of hydrogen-bond donors (Lipinski definition) is 2. The molecule has 2 N–H and O–H groups in total. The molecular formula is C17H20N2O5. The van der Waals surface area contributed by atoms with Crippen LogP contribution in [0.1, 0.15) is 25.8 Å². The second-order valence-corrected chi connectivity index (χ2v) is 5.40. The molecule has 0 unspecified atom stereocenters. The SMILES string of the molecule is CC[C@H](C)NC(=O)NC(=O)COC(=O)C1=Cc2ccccc2OC1. The van der Waals surface area contributed by atoms with Gasteiger partial charge >= 0.3 is 12.0 Å². The molecule has 0 aliphatic carbocycles. The lowest BCUT2D eigenvalue weighted by Crippen LogP contribution is -2.44. The maximum Gasteiger partial charge on any atom is 0.338 e. The largest absolute Gasteiger partial charge is 0.488 e. The highest BCUT2D eigenvalue weighted by Crippen LogP contribution is 2.25. The van der Waals surface area contributed by atoms with E-state index in [1.165, 1.54) is 0 Å². The molecule has 0 saturated heterocycles. The predicted molar refractivity (Wildman–Crippen MR) is 87.3 cm³/mol. The smallest absolute Gasteiger partial charge is 0.338 e. The zero-order valence-corrected chi connectivity index (χ0v) is 13.6. The number of ether oxygens (including phenoxy) is 2. The van der Waals surface area contributed by atoms with Crippen molar-refractivity contribution in [2.75, 3.05) is 13.2 Å². The summed E-state index contributed by atoms with van der Waals surface area (Å²) < 4.78 is 10.4. The van der Waals surface area contributed by atoms with Gasteiger partial charge in [0.25, 0.3) is 5.91 Å². The van der Waals surface area contributed by atoms with E-state index in [1.54, 1.807) is 12.1 Å². The lowest BCUT2D eigenvalue weighted by atomic mass is 10.1. The van der Waals surface area contributed by atoms with E-state index in [-0.39, 0.29) is 12.6 Å². The molecule has 1 aliphatic rings. The van der Waals surface area contributed by atoms with Gasteiger partial charge in [0.2, 0.25) is 0 Å². The highest BCUT2D eigenvalue weighted by molar-refractivity contribution is 5.98. The number of fused-ring (bicyclic) bond motifs is 1. The minimum atomic E-state index is -0.693. The summed E-state index contributed by atoms with van der Waals surface area (Å²) >= 11 is 0. The molecule has 128 valence electrons. The van der Waals surface area contributed by atoms with Crippen molar-refractivity contribution in [1.29, 1.82) is 0 Å². The third-order valence-corrected chi connectivity index (χ3v) is 3.47. The summed E-state index contributed by atoms with van der Waals surface area (Å²) in [6.07, 6.45) is 2.40. The molecule has 2 rings (SSSR count). The van der Waals surface area contributed by atoms with E-state index in [0.717, 1.165) is 12.0 Å². The van der Waals surface area contributed by atoms with Gasteiger partial charge in [-0.05, 0) is 25.5 Å². The number of nitrogens with one attached hydrogen (secondary N) is 2. The number of esters is 1. The molecule has 1 aliphatic heterocycles. The topological polar surface area (TPSA) is 93.7 Å². The van der Waals surface area contributed by atoms with Gasteiger partial charge in [-0.15, -0.1) is 0 Å². The van der Waals surface area contributed by atoms with E-state index in [4.69, 9.17) is 9.47 Å². The van der Waals surface area contributed by atoms with E-state index < -0.39 is 24.5 Å². The van der Waals surface area contributed by atoms with Crippen LogP contribution in [0.3, 0.4) is 0 Å². The summed E-state index contributed by atoms with van der Waals surface area (Å²) in [5, 5.41) is 4.68. The van der Waals surface area contributed by atoms with Crippen LogP contribution in [0.25, 0.3) is 6.08 Å². The van der Waals surface area contributed by atoms with Crippen LogP contribution in [-0.2, 0) is 14.3 Å². The molecule has 1 aromatic rings. The summed E-state index contributed by atoms with van der Waals surface area (Å²) in [7, 11) is 0. The van der Waals surface area contributed by atoms with Crippen molar-refractivity contribution >= 4 is 24.0 Å². The molecule has 1 aromatic carbocycles. The zero-order chi connectivity index (χ0) is 17.5. The zero-order valence-electron chi connectivity index (χ0n) is 13.6. The number of imide groups is 1. The van der Waals surface area contributed by atoms with E-state index in [9.17, 15) is 14.4 Å². The van der Waals surface area contributed by atoms with Gasteiger partial charge in [-0.25, -0.2) is 9.59 Å². The van der Waals surface area contributed by atoms with Crippen LogP contribution in [0.15, 0.2) is 29.8 Å². The molecule has 0 saturated carbocycles. The third-order valence-electron chi connectivity index (χ3n) is 3.47. The van der Waals surface area contributed by atoms with Crippen molar-refractivity contribution in [3.8, 4) is 5.75 Å². The molecule has 0 radical (unpaired) electrons. The first kappa shape index (κ1) is 17.5. The number of rotatable bonds is 5. The molecule has 1 atom stereocenters. The molecule has 3 amide bonds. The molecule has 0 bridgehead atoms. The van der Waals surface area contributed by atoms with Gasteiger partial charge in [0.05, 0.1) is 5.57 Å². The Morgan fingerprint density at radius 3 is 2.79 bits per heavy atom. The van der Waals surface area contributed by atoms with Crippen molar-refractivity contribution in [2.45, 2.75) is 26.3 Å². The molecule has 24 heavy (non-hydrogen) atoms. The van der Waals surface area contributed by atoms with E-state index in [1.807, 2.05) is 32.0 Å². The average Bonchev–Trinajstić information content (AvgIpc) is 2.58. The summed E-state index contributed by atoms with van der Waals surface area (Å²) in [6, 6.07) is 6.62. The lowest BCUT2D eigenvalue weighted by Gasteiger charge is -2.17. The molecule has 7 nitrogen and oxygen atoms in total. The number of para-hydroxylation sites is 1. The Kier molecular flexibility index (Phi) is 5.95. The van der Waals surface area contributed by atoms with Gasteiger partial charge in [-0.1, -0.05) is 25.1 Å². The average molecular weight is 332 g/mol. The summed E-state index contributed by atoms with van der Waals surface area (Å²) in [4.78, 5) is 35.1. The number of benzene rings is 1. The van der Waals surface area contributed by atoms with Crippen LogP contribution < -0.4 is 15.4 Å². The van der Waals surface area contributed by atoms with Crippen molar-refractivity contribution < 1.29 is 23.9 Å². The van der Waals surface area contributed by atoms with Gasteiger partial charge in [0, 0.05) is 11.6 Å². The van der Waals surface area contributed by atoms with Crippen LogP contribution in [-0.4, -0.2) is 37.2 Å². The maximum absolute atomic E-state index is 12.0. The van der Waals surface area contributed by atoms with Crippen molar-refractivity contribution in [3.63, 3.8) is 0 Å². The monoisotopic (exact) mass is 332 g/mol. The fourth-order valence-corrected chi connectivity index (χ4v) is 1.98. The Morgan fingerprint density at radius 1 is 1.29 bits per heavy atom. The fourth-order valence-electron chi connectivity index (χ4n) is 1.98. The quantitative estimate of drug-likeness (QED) is 0.799. The molecule has 0 aromatic heterocycles. The van der Waals surface area contributed by atoms with Gasteiger partial charge < -0.3 is 14.8 Å². The Bertz CT molecular complexity index is 669. The first-order chi connectivity index (χ1) is 11.5. The summed E-state index contributed by atoms with van der Waals surface area (Å²) in [5.41, 5.74) is 1.08. The van der Waals surface area contributed by atoms with E-state index >= 15 is 0 Å². The first-order valence-corrected chi connectivity index (χ1v) is 7.69. The molecule has 0 spiro atoms. The third kappa shape index (κ3) is 4.84. The Labute approximate surface area is 140 Å². The predicted octanol–water partition coefficient (Wildman–Crippen LogP) is 1.63. The van der Waals surface area contributed by atoms with Crippen LogP contribution >= 0.6 is 0 Å². The Hall–Kier alpha value is -2.83. The van der Waals surface area contributed by atoms with E-state index in [2.05, 4.69) is 10.6 Å². The maximum atomic E-state index is 12.0. The standard InChI is InChI=1S/C17H20N2O5/c1-3-11(2)18-17(22)19-15(20)10-24-16(21)13-8-12-6-4-5-7-14(12)23-9-13/h4-8,11H,3,9-10H2,1-2H3,(H2,18,19,20,22)/t11-/m0/s1. The second kappa shape index (κ2) is 8.14. The highest BCUT2D eigenvalue weighted by Gasteiger charge is 2.19. The minimum absolute atomic E-state index is 0.0510. The normalized spacial score (nSPS) is 13.7. The molecule has 7 heteroatoms. The van der Waals surface area contributed by atoms with Gasteiger partial charge in [-0.3, -0.25) is 10.1 Å². The first-order valence-electron chi connectivity index (χ1n) is 7.69. The summed E-state index contributed by atoms with van der Waals surface area (Å²) in [6.45, 7) is 3.27. The number of urea groups is 1. The van der Waals surface area contributed by atoms with Crippen LogP contribution in [0.5, 0.6) is 5.75 Å². The van der Waals surface area contributed by atoms with Gasteiger partial charge in [-0.2, -0.15) is 0 Å². The lowest BCUT2D eigenvalue weighted by molar-refractivity contribution is -0.144. The fraction of sp³-hybridized carbons (Fsp3) is 0.353. The highest BCUT2D eigenvalue weighted by atomic mass is 16.5. The summed E-state index contributed by atoms with van der Waals surface area (Å²) in [5.74, 6) is -0.655. The van der Waals surface area contributed by atoms with Crippen LogP contribution in [0.2, 0.25) is 0 Å². The van der Waals surface area contributed by atoms with Gasteiger partial charge in [0.15, 0.2) is 6.61 Å². The molecule has 1 heterocycles. The van der Waals surface area contributed by atoms with Gasteiger partial charge in [0.1, 0.15) is 12.4 Å². The number of carbonyl (C=O) groups is 3. The number of carbonyl (C=O) groups excluding carboxylic acids is 3. The van der Waals surface area contributed by atoms with Crippen molar-refractivity contribution in [1.82, 2.24) is 10.6 Å². The van der Waals surface area contributed by atoms with Crippen molar-refractivity contribution in [2.24, 2.45) is 0 Å². The van der Waals surface area contributed by atoms with Crippen LogP contribution in [0.4, 0.5) is 4.79 Å². The minimum Gasteiger partial charge on any atom is -0.488 e. The second-order valence-electron chi connectivity index (χ2n) is 5.40. The molecular weight excluding hydrogens is 312 g/mol. The van der Waals surface area contributed by atoms with E-state index in [0.29, 0.717) is 11.3 Å². The number of hydrogen-bond acceptors (Lipinski definition) is 5. The Balaban J connectivity index is 1.82. The Morgan fingerprint density at radius 2 is 2.04 bits per heavy atom.